The highest BCUT2D eigenvalue weighted by Crippen LogP contribution is 2.38. The van der Waals surface area contributed by atoms with Gasteiger partial charge in [-0.25, -0.2) is 0 Å². The van der Waals surface area contributed by atoms with E-state index in [1.54, 1.807) is 7.11 Å². The first-order valence-electron chi connectivity index (χ1n) is 7.38. The van der Waals surface area contributed by atoms with Gasteiger partial charge in [0.05, 0.1) is 7.11 Å². The molecule has 0 heterocycles. The molecule has 1 fully saturated rings. The van der Waals surface area contributed by atoms with Gasteiger partial charge < -0.3 is 15.8 Å². The zero-order valence-electron chi connectivity index (χ0n) is 12.7. The third-order valence-electron chi connectivity index (χ3n) is 4.50. The zero-order valence-corrected chi connectivity index (χ0v) is 13.5. The second kappa shape index (κ2) is 7.18. The number of carbonyl (C=O) groups excluding carboxylic acids is 1. The van der Waals surface area contributed by atoms with Crippen molar-refractivity contribution in [2.75, 3.05) is 19.9 Å². The first kappa shape index (κ1) is 16.2. The van der Waals surface area contributed by atoms with Crippen molar-refractivity contribution in [1.82, 2.24) is 5.32 Å². The largest absolute Gasteiger partial charge is 0.497 e. The lowest BCUT2D eigenvalue weighted by Crippen LogP contribution is -2.56. The Morgan fingerprint density at radius 2 is 2.19 bits per heavy atom. The molecule has 1 aliphatic carbocycles. The molecule has 0 spiro atoms. The van der Waals surface area contributed by atoms with Crippen LogP contribution in [-0.2, 0) is 4.79 Å². The van der Waals surface area contributed by atoms with Gasteiger partial charge in [-0.05, 0) is 62.2 Å². The van der Waals surface area contributed by atoms with Gasteiger partial charge in [0.2, 0.25) is 5.91 Å². The molecule has 1 aromatic rings. The molecule has 0 aromatic heterocycles. The Hall–Kier alpha value is -1.20. The number of nitrogens with one attached hydrogen (secondary N) is 1. The van der Waals surface area contributed by atoms with E-state index < -0.39 is 5.54 Å². The summed E-state index contributed by atoms with van der Waals surface area (Å²) < 4.78 is 5.15. The van der Waals surface area contributed by atoms with Gasteiger partial charge in [0, 0.05) is 4.90 Å². The van der Waals surface area contributed by atoms with Crippen molar-refractivity contribution in [1.29, 1.82) is 0 Å². The molecule has 1 aliphatic rings. The molecular formula is C16H24N2O2S. The van der Waals surface area contributed by atoms with Gasteiger partial charge in [-0.1, -0.05) is 6.42 Å². The molecule has 21 heavy (non-hydrogen) atoms. The smallest absolute Gasteiger partial charge is 0.238 e. The standard InChI is InChI=1S/C16H24N2O2S/c1-18-16(15(17)19)10-3-4-12(16)9-11-21-14-7-5-13(20-2)6-8-14/h5-8,12,18H,3-4,9-11H2,1-2H3,(H2,17,19). The first-order chi connectivity index (χ1) is 10.1. The van der Waals surface area contributed by atoms with Crippen molar-refractivity contribution in [3.05, 3.63) is 24.3 Å². The third-order valence-corrected chi connectivity index (χ3v) is 5.55. The van der Waals surface area contributed by atoms with Crippen molar-refractivity contribution in [3.63, 3.8) is 0 Å². The highest BCUT2D eigenvalue weighted by atomic mass is 32.2. The fourth-order valence-electron chi connectivity index (χ4n) is 3.24. The second-order valence-electron chi connectivity index (χ2n) is 5.49. The zero-order chi connectivity index (χ0) is 15.3. The Bertz CT molecular complexity index is 478. The van der Waals surface area contributed by atoms with Crippen molar-refractivity contribution in [2.24, 2.45) is 11.7 Å². The maximum absolute atomic E-state index is 11.8. The van der Waals surface area contributed by atoms with Crippen LogP contribution in [0.5, 0.6) is 5.75 Å². The van der Waals surface area contributed by atoms with E-state index in [9.17, 15) is 4.79 Å². The molecule has 0 saturated heterocycles. The van der Waals surface area contributed by atoms with Gasteiger partial charge in [-0.3, -0.25) is 4.79 Å². The van der Waals surface area contributed by atoms with Crippen LogP contribution in [0.4, 0.5) is 0 Å². The van der Waals surface area contributed by atoms with Crippen LogP contribution in [0.1, 0.15) is 25.7 Å². The Kier molecular flexibility index (Phi) is 5.53. The molecule has 3 N–H and O–H groups in total. The molecule has 0 aliphatic heterocycles. The quantitative estimate of drug-likeness (QED) is 0.759. The number of carbonyl (C=O) groups is 1. The number of benzene rings is 1. The van der Waals surface area contributed by atoms with Crippen LogP contribution in [0.15, 0.2) is 29.2 Å². The molecule has 2 atom stereocenters. The summed E-state index contributed by atoms with van der Waals surface area (Å²) >= 11 is 1.81. The normalized spacial score (nSPS) is 25.0. The number of hydrogen-bond acceptors (Lipinski definition) is 4. The van der Waals surface area contributed by atoms with E-state index in [2.05, 4.69) is 17.4 Å². The van der Waals surface area contributed by atoms with E-state index in [0.717, 1.165) is 37.2 Å². The fourth-order valence-corrected chi connectivity index (χ4v) is 4.20. The van der Waals surface area contributed by atoms with E-state index in [4.69, 9.17) is 10.5 Å². The second-order valence-corrected chi connectivity index (χ2v) is 6.66. The molecule has 116 valence electrons. The maximum atomic E-state index is 11.8. The number of primary amides is 1. The van der Waals surface area contributed by atoms with Gasteiger partial charge >= 0.3 is 0 Å². The molecule has 5 heteroatoms. The van der Waals surface area contributed by atoms with E-state index in [1.807, 2.05) is 30.9 Å². The number of nitrogens with two attached hydrogens (primary N) is 1. The Balaban J connectivity index is 1.88. The molecule has 0 radical (unpaired) electrons. The third kappa shape index (κ3) is 3.52. The minimum absolute atomic E-state index is 0.207. The highest BCUT2D eigenvalue weighted by Gasteiger charge is 2.45. The summed E-state index contributed by atoms with van der Waals surface area (Å²) in [5.41, 5.74) is 5.13. The summed E-state index contributed by atoms with van der Waals surface area (Å²) in [4.78, 5) is 13.0. The van der Waals surface area contributed by atoms with Crippen molar-refractivity contribution in [3.8, 4) is 5.75 Å². The minimum atomic E-state index is -0.500. The molecule has 0 bridgehead atoms. The molecule has 4 nitrogen and oxygen atoms in total. The molecule has 1 saturated carbocycles. The summed E-state index contributed by atoms with van der Waals surface area (Å²) in [5, 5.41) is 3.19. The van der Waals surface area contributed by atoms with Gasteiger partial charge in [0.1, 0.15) is 11.3 Å². The molecule has 1 amide bonds. The lowest BCUT2D eigenvalue weighted by molar-refractivity contribution is -0.125. The van der Waals surface area contributed by atoms with Crippen molar-refractivity contribution < 1.29 is 9.53 Å². The average Bonchev–Trinajstić information content (AvgIpc) is 2.92. The molecule has 2 unspecified atom stereocenters. The van der Waals surface area contributed by atoms with E-state index >= 15 is 0 Å². The number of rotatable bonds is 7. The predicted octanol–water partition coefficient (Wildman–Crippen LogP) is 2.42. The van der Waals surface area contributed by atoms with Crippen LogP contribution in [0.3, 0.4) is 0 Å². The maximum Gasteiger partial charge on any atom is 0.238 e. The number of methoxy groups -OCH3 is 1. The van der Waals surface area contributed by atoms with Gasteiger partial charge in [-0.15, -0.1) is 11.8 Å². The first-order valence-corrected chi connectivity index (χ1v) is 8.36. The van der Waals surface area contributed by atoms with Crippen LogP contribution in [-0.4, -0.2) is 31.4 Å². The van der Waals surface area contributed by atoms with E-state index in [-0.39, 0.29) is 5.91 Å². The number of likely N-dealkylation sites (N-methyl/N-ethyl adjacent to an activating group) is 1. The van der Waals surface area contributed by atoms with Crippen LogP contribution in [0.2, 0.25) is 0 Å². The average molecular weight is 308 g/mol. The monoisotopic (exact) mass is 308 g/mol. The predicted molar refractivity (Wildman–Crippen MR) is 86.7 cm³/mol. The summed E-state index contributed by atoms with van der Waals surface area (Å²) in [6, 6.07) is 8.08. The topological polar surface area (TPSA) is 64.3 Å². The summed E-state index contributed by atoms with van der Waals surface area (Å²) in [6.07, 6.45) is 4.01. The number of hydrogen-bond donors (Lipinski definition) is 2. The Morgan fingerprint density at radius 3 is 2.76 bits per heavy atom. The Morgan fingerprint density at radius 1 is 1.48 bits per heavy atom. The lowest BCUT2D eigenvalue weighted by atomic mass is 9.84. The lowest BCUT2D eigenvalue weighted by Gasteiger charge is -2.32. The van der Waals surface area contributed by atoms with Gasteiger partial charge in [-0.2, -0.15) is 0 Å². The van der Waals surface area contributed by atoms with Gasteiger partial charge in [0.25, 0.3) is 0 Å². The number of amides is 1. The fraction of sp³-hybridized carbons (Fsp3) is 0.562. The summed E-state index contributed by atoms with van der Waals surface area (Å²) in [7, 11) is 3.52. The van der Waals surface area contributed by atoms with Crippen LogP contribution >= 0.6 is 11.8 Å². The SMILES string of the molecule is CNC1(C(N)=O)CCCC1CCSc1ccc(OC)cc1. The molecular weight excluding hydrogens is 284 g/mol. The van der Waals surface area contributed by atoms with E-state index in [1.165, 1.54) is 4.90 Å². The minimum Gasteiger partial charge on any atom is -0.497 e. The molecule has 1 aromatic carbocycles. The molecule has 2 rings (SSSR count). The van der Waals surface area contributed by atoms with E-state index in [0.29, 0.717) is 5.92 Å². The van der Waals surface area contributed by atoms with Crippen LogP contribution in [0.25, 0.3) is 0 Å². The summed E-state index contributed by atoms with van der Waals surface area (Å²) in [6.45, 7) is 0. The van der Waals surface area contributed by atoms with Crippen LogP contribution < -0.4 is 15.8 Å². The van der Waals surface area contributed by atoms with Crippen molar-refractivity contribution >= 4 is 17.7 Å². The Labute approximate surface area is 130 Å². The number of ether oxygens (including phenoxy) is 1. The number of thioether (sulfide) groups is 1. The highest BCUT2D eigenvalue weighted by molar-refractivity contribution is 7.99. The summed E-state index contributed by atoms with van der Waals surface area (Å²) in [5.74, 6) is 2.00. The van der Waals surface area contributed by atoms with Gasteiger partial charge in [0.15, 0.2) is 0 Å². The van der Waals surface area contributed by atoms with Crippen molar-refractivity contribution in [2.45, 2.75) is 36.1 Å². The van der Waals surface area contributed by atoms with Crippen LogP contribution in [0, 0.1) is 5.92 Å².